The molecule has 0 rings (SSSR count). The minimum atomic E-state index is -1.11. The zero-order valence-corrected chi connectivity index (χ0v) is 20.5. The molecule has 0 aliphatic rings. The van der Waals surface area contributed by atoms with Crippen LogP contribution < -0.4 is 0 Å². The van der Waals surface area contributed by atoms with Gasteiger partial charge in [-0.3, -0.25) is 0 Å². The van der Waals surface area contributed by atoms with Crippen molar-refractivity contribution in [3.05, 3.63) is 0 Å². The molecule has 0 aliphatic heterocycles. The van der Waals surface area contributed by atoms with Gasteiger partial charge in [0.25, 0.3) is 0 Å². The van der Waals surface area contributed by atoms with Crippen molar-refractivity contribution in [3.63, 3.8) is 0 Å². The van der Waals surface area contributed by atoms with Crippen LogP contribution in [0.5, 0.6) is 0 Å². The summed E-state index contributed by atoms with van der Waals surface area (Å²) in [5.41, 5.74) is -4.44. The van der Waals surface area contributed by atoms with E-state index in [1.165, 1.54) is 0 Å². The van der Waals surface area contributed by atoms with Crippen LogP contribution in [-0.4, -0.2) is 187 Å². The number of hydrogen-bond donors (Lipinski definition) is 16. The van der Waals surface area contributed by atoms with Crippen molar-refractivity contribution in [1.82, 2.24) is 0 Å². The molecule has 16 N–H and O–H groups in total. The van der Waals surface area contributed by atoms with Gasteiger partial charge in [0.05, 0.1) is 127 Å². The third kappa shape index (κ3) is 15.6. The van der Waals surface area contributed by atoms with Crippen molar-refractivity contribution in [1.29, 1.82) is 0 Å². The predicted molar refractivity (Wildman–Crippen MR) is 123 cm³/mol. The van der Waals surface area contributed by atoms with E-state index >= 15 is 0 Å². The molecule has 0 unspecified atom stereocenters. The third-order valence-corrected chi connectivity index (χ3v) is 5.37. The molecule has 16 nitrogen and oxygen atoms in total. The molecule has 0 aliphatic carbocycles. The summed E-state index contributed by atoms with van der Waals surface area (Å²) in [6.07, 6.45) is 0. The van der Waals surface area contributed by atoms with Gasteiger partial charge in [0, 0.05) is 0 Å². The molecule has 0 aromatic carbocycles. The first-order chi connectivity index (χ1) is 17.0. The lowest BCUT2D eigenvalue weighted by Gasteiger charge is -2.23. The molecule has 0 bridgehead atoms. The summed E-state index contributed by atoms with van der Waals surface area (Å²) in [6.45, 7) is -6.50. The topological polar surface area (TPSA) is 324 Å². The Morgan fingerprint density at radius 1 is 0.167 bits per heavy atom. The van der Waals surface area contributed by atoms with Gasteiger partial charge in [0.15, 0.2) is 0 Å². The van der Waals surface area contributed by atoms with E-state index in [1.807, 2.05) is 0 Å². The van der Waals surface area contributed by atoms with E-state index in [0.717, 1.165) is 0 Å². The zero-order valence-electron chi connectivity index (χ0n) is 20.5. The minimum absolute atomic E-state index is 0.406. The Bertz CT molecular complexity index is 287. The Morgan fingerprint density at radius 2 is 0.222 bits per heavy atom. The molecule has 0 atom stereocenters. The van der Waals surface area contributed by atoms with Gasteiger partial charge >= 0.3 is 0 Å². The molecule has 0 saturated heterocycles. The van der Waals surface area contributed by atoms with E-state index in [0.29, 0.717) is 0 Å². The fourth-order valence-corrected chi connectivity index (χ4v) is 1.20. The maximum atomic E-state index is 8.50. The van der Waals surface area contributed by atoms with Crippen LogP contribution in [0.25, 0.3) is 0 Å². The fourth-order valence-electron chi connectivity index (χ4n) is 1.20. The van der Waals surface area contributed by atoms with Gasteiger partial charge in [-0.2, -0.15) is 0 Å². The number of rotatable bonds is 16. The average Bonchev–Trinajstić information content (AvgIpc) is 2.96. The molecule has 36 heavy (non-hydrogen) atoms. The first-order valence-electron chi connectivity index (χ1n) is 10.7. The van der Waals surface area contributed by atoms with Gasteiger partial charge in [-0.1, -0.05) is 0 Å². The summed E-state index contributed by atoms with van der Waals surface area (Å²) >= 11 is 0. The SMILES string of the molecule is OCC(CO)(CO)CO.OCC(CO)(CO)CO.OCC(CO)(CO)CO.OCC(CO)(CO)CO. The van der Waals surface area contributed by atoms with Crippen molar-refractivity contribution in [2.24, 2.45) is 21.7 Å². The van der Waals surface area contributed by atoms with Crippen LogP contribution in [0.2, 0.25) is 0 Å². The highest BCUT2D eigenvalue weighted by Crippen LogP contribution is 2.13. The average molecular weight is 545 g/mol. The summed E-state index contributed by atoms with van der Waals surface area (Å²) in [7, 11) is 0. The van der Waals surface area contributed by atoms with Crippen molar-refractivity contribution in [3.8, 4) is 0 Å². The van der Waals surface area contributed by atoms with Crippen LogP contribution in [0.15, 0.2) is 0 Å². The summed E-state index contributed by atoms with van der Waals surface area (Å²) in [4.78, 5) is 0. The van der Waals surface area contributed by atoms with Crippen molar-refractivity contribution >= 4 is 0 Å². The van der Waals surface area contributed by atoms with Gasteiger partial charge in [-0.15, -0.1) is 0 Å². The highest BCUT2D eigenvalue weighted by atomic mass is 16.3. The molecule has 0 spiro atoms. The highest BCUT2D eigenvalue weighted by molar-refractivity contribution is 4.76. The fraction of sp³-hybridized carbons (Fsp3) is 1.00. The van der Waals surface area contributed by atoms with E-state index in [9.17, 15) is 0 Å². The number of aliphatic hydroxyl groups excluding tert-OH is 16. The van der Waals surface area contributed by atoms with Gasteiger partial charge < -0.3 is 81.7 Å². The Kier molecular flexibility index (Phi) is 29.1. The van der Waals surface area contributed by atoms with Crippen LogP contribution >= 0.6 is 0 Å². The smallest absolute Gasteiger partial charge is 0.0627 e. The second kappa shape index (κ2) is 24.7. The van der Waals surface area contributed by atoms with Gasteiger partial charge in [-0.05, 0) is 0 Å². The number of aliphatic hydroxyl groups is 16. The normalized spacial score (nSPS) is 12.0. The minimum Gasteiger partial charge on any atom is -0.396 e. The molecule has 0 aromatic rings. The molecule has 0 fully saturated rings. The maximum absolute atomic E-state index is 8.50. The Hall–Kier alpha value is -0.640. The second-order valence-electron chi connectivity index (χ2n) is 8.53. The van der Waals surface area contributed by atoms with E-state index in [4.69, 9.17) is 81.7 Å². The Balaban J connectivity index is -0.000000190. The summed E-state index contributed by atoms with van der Waals surface area (Å²) in [5, 5.41) is 136. The second-order valence-corrected chi connectivity index (χ2v) is 8.53. The quantitative estimate of drug-likeness (QED) is 0.0857. The predicted octanol–water partition coefficient (Wildman–Crippen LogP) is -8.23. The molecule has 16 heteroatoms. The monoisotopic (exact) mass is 544 g/mol. The first kappa shape index (κ1) is 42.4. The third-order valence-electron chi connectivity index (χ3n) is 5.37. The van der Waals surface area contributed by atoms with Crippen LogP contribution in [0.3, 0.4) is 0 Å². The molecule has 224 valence electrons. The van der Waals surface area contributed by atoms with E-state index < -0.39 is 127 Å². The highest BCUT2D eigenvalue weighted by Gasteiger charge is 2.28. The van der Waals surface area contributed by atoms with Crippen LogP contribution in [0.4, 0.5) is 0 Å². The standard InChI is InChI=1S/4C5H12O4/c4*6-1-5(2-7,3-8)4-9/h4*6-9H,1-4H2. The molecule has 0 amide bonds. The largest absolute Gasteiger partial charge is 0.396 e. The lowest BCUT2D eigenvalue weighted by atomic mass is 9.93. The Morgan fingerprint density at radius 3 is 0.222 bits per heavy atom. The van der Waals surface area contributed by atoms with Gasteiger partial charge in [0.1, 0.15) is 0 Å². The zero-order chi connectivity index (χ0) is 29.3. The lowest BCUT2D eigenvalue weighted by molar-refractivity contribution is -0.0332. The van der Waals surface area contributed by atoms with Crippen molar-refractivity contribution in [2.45, 2.75) is 0 Å². The van der Waals surface area contributed by atoms with Crippen LogP contribution in [0, 0.1) is 21.7 Å². The molecule has 0 radical (unpaired) electrons. The summed E-state index contributed by atoms with van der Waals surface area (Å²) in [6, 6.07) is 0. The molecule has 0 saturated carbocycles. The van der Waals surface area contributed by atoms with E-state index in [1.54, 1.807) is 0 Å². The van der Waals surface area contributed by atoms with E-state index in [2.05, 4.69) is 0 Å². The van der Waals surface area contributed by atoms with Crippen molar-refractivity contribution < 1.29 is 81.7 Å². The number of hydrogen-bond acceptors (Lipinski definition) is 16. The maximum Gasteiger partial charge on any atom is 0.0627 e. The summed E-state index contributed by atoms with van der Waals surface area (Å²) < 4.78 is 0. The molecule has 0 aromatic heterocycles. The van der Waals surface area contributed by atoms with E-state index in [-0.39, 0.29) is 0 Å². The summed E-state index contributed by atoms with van der Waals surface area (Å²) in [5.74, 6) is 0. The van der Waals surface area contributed by atoms with Crippen LogP contribution in [-0.2, 0) is 0 Å². The molecule has 0 heterocycles. The van der Waals surface area contributed by atoms with Crippen molar-refractivity contribution in [2.75, 3.05) is 106 Å². The van der Waals surface area contributed by atoms with Crippen LogP contribution in [0.1, 0.15) is 0 Å². The lowest BCUT2D eigenvalue weighted by Crippen LogP contribution is -2.37. The molecular formula is C20H48O16. The first-order valence-corrected chi connectivity index (χ1v) is 10.7. The van der Waals surface area contributed by atoms with Gasteiger partial charge in [-0.25, -0.2) is 0 Å². The Labute approximate surface area is 209 Å². The van der Waals surface area contributed by atoms with Gasteiger partial charge in [0.2, 0.25) is 0 Å². The molecular weight excluding hydrogens is 496 g/mol.